The maximum atomic E-state index is 13.8. The molecule has 4 heteroatoms. The Hall–Kier alpha value is -1.39. The molecule has 0 spiro atoms. The predicted molar refractivity (Wildman–Crippen MR) is 67.9 cm³/mol. The summed E-state index contributed by atoms with van der Waals surface area (Å²) in [7, 11) is 0. The topological polar surface area (TPSA) is 35.2 Å². The van der Waals surface area contributed by atoms with Crippen LogP contribution in [0.2, 0.25) is 0 Å². The zero-order valence-corrected chi connectivity index (χ0v) is 10.3. The predicted octanol–water partition coefficient (Wildman–Crippen LogP) is 3.27. The van der Waals surface area contributed by atoms with Crippen molar-refractivity contribution in [2.75, 3.05) is 6.54 Å². The van der Waals surface area contributed by atoms with E-state index in [0.717, 1.165) is 4.88 Å². The minimum absolute atomic E-state index is 0.258. The van der Waals surface area contributed by atoms with Gasteiger partial charge in [0, 0.05) is 11.4 Å². The smallest absolute Gasteiger partial charge is 0.167 e. The summed E-state index contributed by atoms with van der Waals surface area (Å²) < 4.78 is 19.4. The largest absolute Gasteiger partial charge is 0.480 e. The summed E-state index contributed by atoms with van der Waals surface area (Å²) in [5.41, 5.74) is 6.23. The summed E-state index contributed by atoms with van der Waals surface area (Å²) in [6, 6.07) is 8.98. The zero-order chi connectivity index (χ0) is 12.3. The first-order valence-corrected chi connectivity index (χ1v) is 6.25. The summed E-state index contributed by atoms with van der Waals surface area (Å²) in [5, 5.41) is 1.95. The SMILES string of the molecule is Cc1cccc(OC(CN)c2cccs2)c1F. The van der Waals surface area contributed by atoms with Crippen LogP contribution in [0, 0.1) is 12.7 Å². The Labute approximate surface area is 104 Å². The maximum Gasteiger partial charge on any atom is 0.167 e. The molecule has 1 heterocycles. The van der Waals surface area contributed by atoms with Crippen molar-refractivity contribution in [3.05, 3.63) is 52.0 Å². The maximum absolute atomic E-state index is 13.8. The molecule has 17 heavy (non-hydrogen) atoms. The molecule has 0 amide bonds. The summed E-state index contributed by atoms with van der Waals surface area (Å²) in [6.45, 7) is 2.04. The number of rotatable bonds is 4. The average Bonchev–Trinajstić information content (AvgIpc) is 2.85. The quantitative estimate of drug-likeness (QED) is 0.905. The number of hydrogen-bond donors (Lipinski definition) is 1. The highest BCUT2D eigenvalue weighted by molar-refractivity contribution is 7.10. The van der Waals surface area contributed by atoms with Crippen molar-refractivity contribution in [2.24, 2.45) is 5.73 Å². The van der Waals surface area contributed by atoms with Crippen molar-refractivity contribution in [1.29, 1.82) is 0 Å². The second-order valence-electron chi connectivity index (χ2n) is 3.74. The number of nitrogens with two attached hydrogens (primary N) is 1. The molecule has 2 nitrogen and oxygen atoms in total. The van der Waals surface area contributed by atoms with Crippen LogP contribution in [0.4, 0.5) is 4.39 Å². The Morgan fingerprint density at radius 1 is 1.35 bits per heavy atom. The fourth-order valence-corrected chi connectivity index (χ4v) is 2.33. The Bertz CT molecular complexity index is 484. The molecule has 1 unspecified atom stereocenters. The Morgan fingerprint density at radius 2 is 2.18 bits per heavy atom. The number of hydrogen-bond acceptors (Lipinski definition) is 3. The van der Waals surface area contributed by atoms with Crippen molar-refractivity contribution in [3.8, 4) is 5.75 Å². The minimum atomic E-state index is -0.317. The molecule has 2 aromatic rings. The number of benzene rings is 1. The molecule has 0 radical (unpaired) electrons. The van der Waals surface area contributed by atoms with Crippen LogP contribution in [0.25, 0.3) is 0 Å². The van der Waals surface area contributed by atoms with Gasteiger partial charge in [-0.1, -0.05) is 18.2 Å². The highest BCUT2D eigenvalue weighted by Crippen LogP contribution is 2.27. The Morgan fingerprint density at radius 3 is 2.82 bits per heavy atom. The summed E-state index contributed by atoms with van der Waals surface area (Å²) in [6.07, 6.45) is -0.286. The summed E-state index contributed by atoms with van der Waals surface area (Å²) in [5.74, 6) is -0.0589. The molecule has 0 aliphatic carbocycles. The van der Waals surface area contributed by atoms with Gasteiger partial charge < -0.3 is 10.5 Å². The lowest BCUT2D eigenvalue weighted by atomic mass is 10.2. The van der Waals surface area contributed by atoms with Crippen LogP contribution < -0.4 is 10.5 Å². The molecule has 1 aromatic heterocycles. The highest BCUT2D eigenvalue weighted by Gasteiger charge is 2.15. The molecule has 0 fully saturated rings. The van der Waals surface area contributed by atoms with Gasteiger partial charge in [-0.05, 0) is 30.0 Å². The average molecular weight is 251 g/mol. The van der Waals surface area contributed by atoms with E-state index in [1.54, 1.807) is 36.5 Å². The van der Waals surface area contributed by atoms with Gasteiger partial charge in [-0.3, -0.25) is 0 Å². The third kappa shape index (κ3) is 2.65. The van der Waals surface area contributed by atoms with Crippen molar-refractivity contribution < 1.29 is 9.13 Å². The third-order valence-corrected chi connectivity index (χ3v) is 3.46. The van der Waals surface area contributed by atoms with Gasteiger partial charge in [-0.25, -0.2) is 4.39 Å². The molecule has 90 valence electrons. The van der Waals surface area contributed by atoms with E-state index in [2.05, 4.69) is 0 Å². The lowest BCUT2D eigenvalue weighted by molar-refractivity contribution is 0.208. The van der Waals surface area contributed by atoms with Crippen molar-refractivity contribution in [3.63, 3.8) is 0 Å². The van der Waals surface area contributed by atoms with E-state index in [1.165, 1.54) is 0 Å². The van der Waals surface area contributed by atoms with Crippen LogP contribution in [0.3, 0.4) is 0 Å². The summed E-state index contributed by atoms with van der Waals surface area (Å²) in [4.78, 5) is 1.01. The van der Waals surface area contributed by atoms with Gasteiger partial charge in [-0.2, -0.15) is 0 Å². The monoisotopic (exact) mass is 251 g/mol. The molecule has 0 aliphatic rings. The summed E-state index contributed by atoms with van der Waals surface area (Å²) >= 11 is 1.56. The van der Waals surface area contributed by atoms with Gasteiger partial charge in [-0.15, -0.1) is 11.3 Å². The molecular weight excluding hydrogens is 237 g/mol. The first kappa shape index (κ1) is 12.1. The van der Waals surface area contributed by atoms with E-state index in [1.807, 2.05) is 17.5 Å². The number of ether oxygens (including phenoxy) is 1. The van der Waals surface area contributed by atoms with E-state index in [-0.39, 0.29) is 17.7 Å². The van der Waals surface area contributed by atoms with E-state index < -0.39 is 0 Å². The van der Waals surface area contributed by atoms with E-state index in [9.17, 15) is 4.39 Å². The normalized spacial score (nSPS) is 12.4. The van der Waals surface area contributed by atoms with Gasteiger partial charge >= 0.3 is 0 Å². The van der Waals surface area contributed by atoms with Gasteiger partial charge in [0.05, 0.1) is 0 Å². The van der Waals surface area contributed by atoms with Crippen LogP contribution >= 0.6 is 11.3 Å². The van der Waals surface area contributed by atoms with Crippen molar-refractivity contribution >= 4 is 11.3 Å². The molecule has 2 rings (SSSR count). The van der Waals surface area contributed by atoms with Crippen LogP contribution in [0.15, 0.2) is 35.7 Å². The van der Waals surface area contributed by atoms with Crippen molar-refractivity contribution in [2.45, 2.75) is 13.0 Å². The van der Waals surface area contributed by atoms with Crippen molar-refractivity contribution in [1.82, 2.24) is 0 Å². The van der Waals surface area contributed by atoms with E-state index in [4.69, 9.17) is 10.5 Å². The molecule has 0 saturated heterocycles. The number of thiophene rings is 1. The Balaban J connectivity index is 2.22. The van der Waals surface area contributed by atoms with Crippen LogP contribution in [0.5, 0.6) is 5.75 Å². The minimum Gasteiger partial charge on any atom is -0.480 e. The second-order valence-corrected chi connectivity index (χ2v) is 4.72. The molecule has 0 saturated carbocycles. The standard InChI is InChI=1S/C13H14FNOS/c1-9-4-2-5-10(13(9)14)16-11(8-15)12-6-3-7-17-12/h2-7,11H,8,15H2,1H3. The molecule has 1 atom stereocenters. The first-order chi connectivity index (χ1) is 8.22. The van der Waals surface area contributed by atoms with E-state index >= 15 is 0 Å². The fraction of sp³-hybridized carbons (Fsp3) is 0.231. The van der Waals surface area contributed by atoms with Gasteiger partial charge in [0.2, 0.25) is 0 Å². The number of aryl methyl sites for hydroxylation is 1. The van der Waals surface area contributed by atoms with Gasteiger partial charge in [0.15, 0.2) is 11.6 Å². The molecule has 2 N–H and O–H groups in total. The first-order valence-electron chi connectivity index (χ1n) is 5.37. The Kier molecular flexibility index (Phi) is 3.76. The lowest BCUT2D eigenvalue weighted by Gasteiger charge is -2.17. The van der Waals surface area contributed by atoms with Crippen LogP contribution in [-0.2, 0) is 0 Å². The molecular formula is C13H14FNOS. The second kappa shape index (κ2) is 5.29. The third-order valence-electron chi connectivity index (χ3n) is 2.50. The molecule has 1 aromatic carbocycles. The van der Waals surface area contributed by atoms with Crippen LogP contribution in [-0.4, -0.2) is 6.54 Å². The number of halogens is 1. The van der Waals surface area contributed by atoms with Gasteiger partial charge in [0.25, 0.3) is 0 Å². The molecule has 0 aliphatic heterocycles. The highest BCUT2D eigenvalue weighted by atomic mass is 32.1. The van der Waals surface area contributed by atoms with Crippen LogP contribution in [0.1, 0.15) is 16.5 Å². The zero-order valence-electron chi connectivity index (χ0n) is 9.52. The lowest BCUT2D eigenvalue weighted by Crippen LogP contribution is -2.18. The fourth-order valence-electron chi connectivity index (χ4n) is 1.56. The van der Waals surface area contributed by atoms with E-state index in [0.29, 0.717) is 12.1 Å². The molecule has 0 bridgehead atoms. The van der Waals surface area contributed by atoms with Gasteiger partial charge in [0.1, 0.15) is 6.10 Å².